The third-order valence-corrected chi connectivity index (χ3v) is 10.9. The Morgan fingerprint density at radius 3 is 1.51 bits per heavy atom. The van der Waals surface area contributed by atoms with Gasteiger partial charge >= 0.3 is 10.4 Å². The lowest BCUT2D eigenvalue weighted by Crippen LogP contribution is -2.61. The third kappa shape index (κ3) is 25.8. The van der Waals surface area contributed by atoms with Crippen molar-refractivity contribution in [2.75, 3.05) is 13.2 Å². The van der Waals surface area contributed by atoms with E-state index < -0.39 is 59.9 Å². The van der Waals surface area contributed by atoms with E-state index in [2.05, 4.69) is 23.3 Å². The van der Waals surface area contributed by atoms with Crippen molar-refractivity contribution in [2.24, 2.45) is 0 Å². The summed E-state index contributed by atoms with van der Waals surface area (Å²) in [4.78, 5) is 13.0. The number of nitrogens with one attached hydrogen (secondary N) is 1. The highest BCUT2D eigenvalue weighted by atomic mass is 32.3. The molecule has 1 fully saturated rings. The van der Waals surface area contributed by atoms with Crippen LogP contribution in [-0.2, 0) is 28.9 Å². The molecule has 6 N–H and O–H groups in total. The van der Waals surface area contributed by atoms with Gasteiger partial charge in [-0.2, -0.15) is 8.42 Å². The second-order valence-electron chi connectivity index (χ2n) is 15.3. The predicted molar refractivity (Wildman–Crippen MR) is 209 cm³/mol. The maximum atomic E-state index is 13.0. The first-order valence-electron chi connectivity index (χ1n) is 21.4. The predicted octanol–water partition coefficient (Wildman–Crippen LogP) is 7.44. The molecule has 0 spiro atoms. The Kier molecular flexibility index (Phi) is 30.5. The standard InChI is InChI=1S/C40H79NO11S/c1-3-5-7-9-11-13-15-17-18-20-22-24-26-28-30-36(44)41-33(34(43)29-27-25-23-21-19-16-14-12-10-8-6-4-2)32-50-40-38(46)39(52-53(47,48)49)37(45)35(31-42)51-40/h33-35,37-40,42-43,45-46H,3-32H2,1-2H3,(H,41,44)(H,47,48,49). The minimum absolute atomic E-state index is 0.229. The lowest BCUT2D eigenvalue weighted by Gasteiger charge is -2.41. The zero-order valence-electron chi connectivity index (χ0n) is 33.3. The second-order valence-corrected chi connectivity index (χ2v) is 16.3. The van der Waals surface area contributed by atoms with Crippen molar-refractivity contribution in [1.82, 2.24) is 5.32 Å². The number of hydrogen-bond acceptors (Lipinski definition) is 10. The minimum atomic E-state index is -5.07. The molecule has 7 atom stereocenters. The first kappa shape index (κ1) is 50.1. The first-order chi connectivity index (χ1) is 25.5. The van der Waals surface area contributed by atoms with E-state index in [0.29, 0.717) is 12.8 Å². The maximum absolute atomic E-state index is 13.0. The van der Waals surface area contributed by atoms with Gasteiger partial charge in [-0.1, -0.05) is 174 Å². The molecule has 316 valence electrons. The fourth-order valence-corrected chi connectivity index (χ4v) is 7.56. The van der Waals surface area contributed by atoms with Gasteiger partial charge in [0.25, 0.3) is 0 Å². The van der Waals surface area contributed by atoms with Gasteiger partial charge in [-0.05, 0) is 12.8 Å². The van der Waals surface area contributed by atoms with E-state index in [1.165, 1.54) is 116 Å². The van der Waals surface area contributed by atoms with E-state index in [9.17, 15) is 33.6 Å². The SMILES string of the molecule is CCCCCCCCCCCCCCCCC(=O)NC(COC1OC(CO)C(O)C(OS(=O)(=O)O)C1O)C(O)CCCCCCCCCCCCCC. The molecule has 0 bridgehead atoms. The summed E-state index contributed by atoms with van der Waals surface area (Å²) in [6.45, 7) is 3.43. The number of hydrogen-bond donors (Lipinski definition) is 6. The summed E-state index contributed by atoms with van der Waals surface area (Å²) < 4.78 is 47.5. The van der Waals surface area contributed by atoms with Gasteiger partial charge in [0.15, 0.2) is 6.29 Å². The molecule has 1 saturated heterocycles. The number of rotatable bonds is 36. The molecule has 1 amide bonds. The Balaban J connectivity index is 2.54. The number of carbonyl (C=O) groups excluding carboxylic acids is 1. The average molecular weight is 782 g/mol. The number of amides is 1. The van der Waals surface area contributed by atoms with Crippen LogP contribution in [0.3, 0.4) is 0 Å². The van der Waals surface area contributed by atoms with Crippen LogP contribution in [0.1, 0.15) is 194 Å². The first-order valence-corrected chi connectivity index (χ1v) is 22.8. The third-order valence-electron chi connectivity index (χ3n) is 10.4. The van der Waals surface area contributed by atoms with Crippen molar-refractivity contribution in [3.05, 3.63) is 0 Å². The molecule has 0 aromatic heterocycles. The van der Waals surface area contributed by atoms with Crippen molar-refractivity contribution < 1.29 is 51.8 Å². The number of carbonyl (C=O) groups is 1. The van der Waals surface area contributed by atoms with E-state index >= 15 is 0 Å². The fraction of sp³-hybridized carbons (Fsp3) is 0.975. The second kappa shape index (κ2) is 32.2. The molecule has 7 unspecified atom stereocenters. The zero-order chi connectivity index (χ0) is 39.2. The molecule has 1 aliphatic rings. The van der Waals surface area contributed by atoms with Gasteiger partial charge in [0.05, 0.1) is 25.4 Å². The van der Waals surface area contributed by atoms with Gasteiger partial charge in [0.2, 0.25) is 5.91 Å². The van der Waals surface area contributed by atoms with Crippen LogP contribution in [0.25, 0.3) is 0 Å². The normalized spacial score (nSPS) is 21.8. The van der Waals surface area contributed by atoms with E-state index in [1.807, 2.05) is 0 Å². The quantitative estimate of drug-likeness (QED) is 0.0274. The van der Waals surface area contributed by atoms with E-state index in [4.69, 9.17) is 14.0 Å². The van der Waals surface area contributed by atoms with Crippen LogP contribution in [-0.4, -0.2) is 95.4 Å². The zero-order valence-corrected chi connectivity index (χ0v) is 34.2. The largest absolute Gasteiger partial charge is 0.397 e. The van der Waals surface area contributed by atoms with Crippen LogP contribution in [0.15, 0.2) is 0 Å². The Morgan fingerprint density at radius 1 is 0.679 bits per heavy atom. The van der Waals surface area contributed by atoms with Gasteiger partial charge in [-0.25, -0.2) is 4.18 Å². The molecule has 0 aliphatic carbocycles. The molecule has 0 aromatic rings. The van der Waals surface area contributed by atoms with Gasteiger partial charge in [0.1, 0.15) is 24.4 Å². The Labute approximate surface area is 322 Å². The molecule has 53 heavy (non-hydrogen) atoms. The summed E-state index contributed by atoms with van der Waals surface area (Å²) >= 11 is 0. The van der Waals surface area contributed by atoms with Gasteiger partial charge < -0.3 is 35.2 Å². The van der Waals surface area contributed by atoms with Crippen molar-refractivity contribution in [3.8, 4) is 0 Å². The van der Waals surface area contributed by atoms with Crippen LogP contribution in [0.5, 0.6) is 0 Å². The molecule has 0 aromatic carbocycles. The average Bonchev–Trinajstić information content (AvgIpc) is 3.12. The molecule has 0 radical (unpaired) electrons. The highest BCUT2D eigenvalue weighted by Crippen LogP contribution is 2.26. The summed E-state index contributed by atoms with van der Waals surface area (Å²) in [5, 5.41) is 44.7. The van der Waals surface area contributed by atoms with Crippen molar-refractivity contribution in [1.29, 1.82) is 0 Å². The van der Waals surface area contributed by atoms with Crippen LogP contribution >= 0.6 is 0 Å². The molecule has 1 heterocycles. The van der Waals surface area contributed by atoms with Crippen LogP contribution < -0.4 is 5.32 Å². The van der Waals surface area contributed by atoms with Crippen LogP contribution in [0.4, 0.5) is 0 Å². The topological polar surface area (TPSA) is 192 Å². The lowest BCUT2D eigenvalue weighted by molar-refractivity contribution is -0.298. The van der Waals surface area contributed by atoms with Crippen molar-refractivity contribution >= 4 is 16.3 Å². The highest BCUT2D eigenvalue weighted by molar-refractivity contribution is 7.80. The van der Waals surface area contributed by atoms with Crippen LogP contribution in [0, 0.1) is 0 Å². The van der Waals surface area contributed by atoms with E-state index in [1.54, 1.807) is 0 Å². The highest BCUT2D eigenvalue weighted by Gasteiger charge is 2.48. The summed E-state index contributed by atoms with van der Waals surface area (Å²) in [6, 6.07) is -0.849. The summed E-state index contributed by atoms with van der Waals surface area (Å²) in [6.07, 6.45) is 22.5. The lowest BCUT2D eigenvalue weighted by atomic mass is 9.99. The van der Waals surface area contributed by atoms with E-state index in [-0.39, 0.29) is 12.5 Å². The minimum Gasteiger partial charge on any atom is -0.394 e. The Bertz CT molecular complexity index is 972. The number of aliphatic hydroxyl groups is 4. The van der Waals surface area contributed by atoms with E-state index in [0.717, 1.165) is 51.4 Å². The molecule has 13 heteroatoms. The number of unbranched alkanes of at least 4 members (excludes halogenated alkanes) is 24. The van der Waals surface area contributed by atoms with Crippen molar-refractivity contribution in [2.45, 2.75) is 236 Å². The molecule has 1 aliphatic heterocycles. The smallest absolute Gasteiger partial charge is 0.394 e. The number of ether oxygens (including phenoxy) is 2. The summed E-state index contributed by atoms with van der Waals surface area (Å²) in [5.41, 5.74) is 0. The van der Waals surface area contributed by atoms with Crippen LogP contribution in [0.2, 0.25) is 0 Å². The summed E-state index contributed by atoms with van der Waals surface area (Å²) in [5.74, 6) is -0.229. The fourth-order valence-electron chi connectivity index (χ4n) is 7.05. The Hall–Kier alpha value is -0.900. The molecule has 1 rings (SSSR count). The monoisotopic (exact) mass is 782 g/mol. The maximum Gasteiger partial charge on any atom is 0.397 e. The van der Waals surface area contributed by atoms with Crippen molar-refractivity contribution in [3.63, 3.8) is 0 Å². The summed E-state index contributed by atoms with van der Waals surface area (Å²) in [7, 11) is -5.07. The molecular formula is C40H79NO11S. The molecule has 0 saturated carbocycles. The van der Waals surface area contributed by atoms with Gasteiger partial charge in [-0.15, -0.1) is 0 Å². The molecule has 12 nitrogen and oxygen atoms in total. The Morgan fingerprint density at radius 2 is 1.09 bits per heavy atom. The molecular weight excluding hydrogens is 703 g/mol. The van der Waals surface area contributed by atoms with Gasteiger partial charge in [-0.3, -0.25) is 9.35 Å². The number of aliphatic hydroxyl groups excluding tert-OH is 4. The van der Waals surface area contributed by atoms with Gasteiger partial charge in [0, 0.05) is 6.42 Å².